The fourth-order valence-corrected chi connectivity index (χ4v) is 2.67. The number of amides is 2. The third-order valence-corrected chi connectivity index (χ3v) is 4.32. The van der Waals surface area contributed by atoms with E-state index in [1.54, 1.807) is 25.1 Å². The Balaban J connectivity index is 1.67. The van der Waals surface area contributed by atoms with Gasteiger partial charge in [0.05, 0.1) is 6.21 Å². The Morgan fingerprint density at radius 3 is 2.54 bits per heavy atom. The molecule has 2 N–H and O–H groups in total. The van der Waals surface area contributed by atoms with Gasteiger partial charge in [-0.05, 0) is 35.4 Å². The normalized spacial score (nSPS) is 10.8. The van der Waals surface area contributed by atoms with Gasteiger partial charge in [-0.3, -0.25) is 9.59 Å². The molecule has 5 nitrogen and oxygen atoms in total. The molecule has 26 heavy (non-hydrogen) atoms. The molecule has 3 aromatic carbocycles. The second kappa shape index (κ2) is 7.80. The number of hydrazone groups is 1. The summed E-state index contributed by atoms with van der Waals surface area (Å²) in [6.45, 7) is 1.76. The number of rotatable bonds is 3. The topological polar surface area (TPSA) is 70.6 Å². The van der Waals surface area contributed by atoms with Crippen LogP contribution in [-0.4, -0.2) is 18.0 Å². The summed E-state index contributed by atoms with van der Waals surface area (Å²) in [5, 5.41) is 8.99. The number of benzene rings is 3. The molecular formula is C20H16ClN3O2. The van der Waals surface area contributed by atoms with E-state index in [1.807, 2.05) is 42.5 Å². The van der Waals surface area contributed by atoms with Crippen LogP contribution in [0.25, 0.3) is 10.8 Å². The molecule has 130 valence electrons. The van der Waals surface area contributed by atoms with E-state index in [0.717, 1.165) is 16.3 Å². The predicted molar refractivity (Wildman–Crippen MR) is 105 cm³/mol. The van der Waals surface area contributed by atoms with E-state index in [9.17, 15) is 9.59 Å². The molecule has 0 spiro atoms. The van der Waals surface area contributed by atoms with Gasteiger partial charge in [0.25, 0.3) is 0 Å². The lowest BCUT2D eigenvalue weighted by molar-refractivity contribution is -0.136. The van der Waals surface area contributed by atoms with Gasteiger partial charge in [-0.2, -0.15) is 5.10 Å². The minimum absolute atomic E-state index is 0.482. The maximum absolute atomic E-state index is 12.0. The lowest BCUT2D eigenvalue weighted by Gasteiger charge is -2.08. The van der Waals surface area contributed by atoms with Crippen molar-refractivity contribution in [2.45, 2.75) is 6.92 Å². The number of nitrogens with one attached hydrogen (secondary N) is 2. The first-order chi connectivity index (χ1) is 12.6. The van der Waals surface area contributed by atoms with Crippen LogP contribution in [0.5, 0.6) is 0 Å². The molecular weight excluding hydrogens is 350 g/mol. The number of halogens is 1. The molecule has 0 saturated carbocycles. The molecule has 0 aliphatic heterocycles. The highest BCUT2D eigenvalue weighted by Gasteiger charge is 2.14. The Bertz CT molecular complexity index is 1010. The molecule has 0 unspecified atom stereocenters. The Morgan fingerprint density at radius 1 is 0.962 bits per heavy atom. The van der Waals surface area contributed by atoms with Gasteiger partial charge in [-0.1, -0.05) is 60.1 Å². The van der Waals surface area contributed by atoms with Crippen molar-refractivity contribution in [3.8, 4) is 0 Å². The predicted octanol–water partition coefficient (Wildman–Crippen LogP) is 3.89. The van der Waals surface area contributed by atoms with Crippen LogP contribution in [0.1, 0.15) is 11.1 Å². The van der Waals surface area contributed by atoms with Gasteiger partial charge in [0.1, 0.15) is 0 Å². The SMILES string of the molecule is Cc1c(Cl)cccc1NC(=O)C(=O)NN=Cc1cccc2ccccc12. The van der Waals surface area contributed by atoms with Gasteiger partial charge in [0.2, 0.25) is 0 Å². The zero-order valence-corrected chi connectivity index (χ0v) is 14.7. The number of nitrogens with zero attached hydrogens (tertiary/aromatic N) is 1. The van der Waals surface area contributed by atoms with Crippen molar-refractivity contribution in [1.29, 1.82) is 0 Å². The molecule has 2 amide bonds. The van der Waals surface area contributed by atoms with Crippen LogP contribution in [0.2, 0.25) is 5.02 Å². The highest BCUT2D eigenvalue weighted by atomic mass is 35.5. The number of hydrogen-bond donors (Lipinski definition) is 2. The summed E-state index contributed by atoms with van der Waals surface area (Å²) in [5.41, 5.74) is 4.25. The Hall–Kier alpha value is -3.18. The van der Waals surface area contributed by atoms with Crippen LogP contribution < -0.4 is 10.7 Å². The first-order valence-corrected chi connectivity index (χ1v) is 8.31. The molecule has 0 saturated heterocycles. The fraction of sp³-hybridized carbons (Fsp3) is 0.0500. The minimum atomic E-state index is -0.860. The molecule has 0 aromatic heterocycles. The van der Waals surface area contributed by atoms with Crippen LogP contribution in [-0.2, 0) is 9.59 Å². The van der Waals surface area contributed by atoms with Gasteiger partial charge in [0.15, 0.2) is 0 Å². The van der Waals surface area contributed by atoms with E-state index in [1.165, 1.54) is 6.21 Å². The summed E-state index contributed by atoms with van der Waals surface area (Å²) in [7, 11) is 0. The molecule has 6 heteroatoms. The van der Waals surface area contributed by atoms with Gasteiger partial charge >= 0.3 is 11.8 Å². The zero-order valence-electron chi connectivity index (χ0n) is 14.0. The van der Waals surface area contributed by atoms with Gasteiger partial charge in [-0.15, -0.1) is 0 Å². The quantitative estimate of drug-likeness (QED) is 0.420. The van der Waals surface area contributed by atoms with Crippen molar-refractivity contribution in [3.05, 3.63) is 76.8 Å². The fourth-order valence-electron chi connectivity index (χ4n) is 2.50. The Labute approximate surface area is 155 Å². The average molecular weight is 366 g/mol. The van der Waals surface area contributed by atoms with Crippen molar-refractivity contribution >= 4 is 46.1 Å². The summed E-state index contributed by atoms with van der Waals surface area (Å²) >= 11 is 6.00. The molecule has 0 fully saturated rings. The molecule has 0 atom stereocenters. The zero-order chi connectivity index (χ0) is 18.5. The van der Waals surface area contributed by atoms with Crippen LogP contribution in [0.15, 0.2) is 65.8 Å². The molecule has 0 aliphatic rings. The second-order valence-electron chi connectivity index (χ2n) is 5.63. The summed E-state index contributed by atoms with van der Waals surface area (Å²) < 4.78 is 0. The summed E-state index contributed by atoms with van der Waals surface area (Å²) in [6.07, 6.45) is 1.51. The summed E-state index contributed by atoms with van der Waals surface area (Å²) in [6, 6.07) is 18.7. The van der Waals surface area contributed by atoms with E-state index >= 15 is 0 Å². The maximum Gasteiger partial charge on any atom is 0.329 e. The Morgan fingerprint density at radius 2 is 1.69 bits per heavy atom. The molecule has 0 bridgehead atoms. The Kier molecular flexibility index (Phi) is 5.29. The highest BCUT2D eigenvalue weighted by molar-refractivity contribution is 6.40. The van der Waals surface area contributed by atoms with Crippen LogP contribution in [0.3, 0.4) is 0 Å². The minimum Gasteiger partial charge on any atom is -0.317 e. The molecule has 0 aliphatic carbocycles. The number of hydrogen-bond acceptors (Lipinski definition) is 3. The average Bonchev–Trinajstić information content (AvgIpc) is 2.65. The van der Waals surface area contributed by atoms with Crippen molar-refractivity contribution in [3.63, 3.8) is 0 Å². The van der Waals surface area contributed by atoms with Crippen molar-refractivity contribution < 1.29 is 9.59 Å². The first-order valence-electron chi connectivity index (χ1n) is 7.93. The molecule has 3 rings (SSSR count). The molecule has 3 aromatic rings. The van der Waals surface area contributed by atoms with Crippen LogP contribution >= 0.6 is 11.6 Å². The lowest BCUT2D eigenvalue weighted by Crippen LogP contribution is -2.32. The first kappa shape index (κ1) is 17.6. The van der Waals surface area contributed by atoms with E-state index < -0.39 is 11.8 Å². The summed E-state index contributed by atoms with van der Waals surface area (Å²) in [4.78, 5) is 23.9. The third kappa shape index (κ3) is 3.90. The van der Waals surface area contributed by atoms with E-state index in [4.69, 9.17) is 11.6 Å². The second-order valence-corrected chi connectivity index (χ2v) is 6.04. The van der Waals surface area contributed by atoms with Crippen molar-refractivity contribution in [1.82, 2.24) is 5.43 Å². The standard InChI is InChI=1S/C20H16ClN3O2/c1-13-17(21)10-5-11-18(13)23-19(25)20(26)24-22-12-15-8-4-7-14-6-2-3-9-16(14)15/h2-12H,1H3,(H,23,25)(H,24,26). The number of fused-ring (bicyclic) bond motifs is 1. The maximum atomic E-state index is 12.0. The number of carbonyl (C=O) groups excluding carboxylic acids is 2. The highest BCUT2D eigenvalue weighted by Crippen LogP contribution is 2.22. The molecule has 0 heterocycles. The van der Waals surface area contributed by atoms with E-state index in [2.05, 4.69) is 15.8 Å². The van der Waals surface area contributed by atoms with Crippen molar-refractivity contribution in [2.24, 2.45) is 5.10 Å². The third-order valence-electron chi connectivity index (χ3n) is 3.92. The largest absolute Gasteiger partial charge is 0.329 e. The molecule has 0 radical (unpaired) electrons. The van der Waals surface area contributed by atoms with Crippen LogP contribution in [0.4, 0.5) is 5.69 Å². The van der Waals surface area contributed by atoms with E-state index in [0.29, 0.717) is 16.3 Å². The van der Waals surface area contributed by atoms with Crippen molar-refractivity contribution in [2.75, 3.05) is 5.32 Å². The monoisotopic (exact) mass is 365 g/mol. The smallest absolute Gasteiger partial charge is 0.317 e. The summed E-state index contributed by atoms with van der Waals surface area (Å²) in [5.74, 6) is -1.67. The number of anilines is 1. The van der Waals surface area contributed by atoms with Gasteiger partial charge < -0.3 is 5.32 Å². The van der Waals surface area contributed by atoms with Crippen LogP contribution in [0, 0.1) is 6.92 Å². The van der Waals surface area contributed by atoms with Gasteiger partial charge in [-0.25, -0.2) is 5.43 Å². The van der Waals surface area contributed by atoms with E-state index in [-0.39, 0.29) is 0 Å². The van der Waals surface area contributed by atoms with Gasteiger partial charge in [0, 0.05) is 16.3 Å². The number of carbonyl (C=O) groups is 2. The lowest BCUT2D eigenvalue weighted by atomic mass is 10.1.